The van der Waals surface area contributed by atoms with E-state index in [9.17, 15) is 4.79 Å². The molecule has 2 heteroatoms. The van der Waals surface area contributed by atoms with Crippen LogP contribution in [-0.4, -0.2) is 12.1 Å². The molecule has 0 aromatic heterocycles. The van der Waals surface area contributed by atoms with Gasteiger partial charge in [-0.1, -0.05) is 43.2 Å². The van der Waals surface area contributed by atoms with Gasteiger partial charge in [0, 0.05) is 0 Å². The Morgan fingerprint density at radius 3 is 2.33 bits per heavy atom. The molecule has 2 nitrogen and oxygen atoms in total. The first kappa shape index (κ1) is 14.7. The summed E-state index contributed by atoms with van der Waals surface area (Å²) in [7, 11) is 0. The summed E-state index contributed by atoms with van der Waals surface area (Å²) in [5.74, 6) is 0.186. The van der Waals surface area contributed by atoms with Crippen LogP contribution in [0.2, 0.25) is 0 Å². The number of carbonyl (C=O) groups excluding carboxylic acids is 1. The monoisotopic (exact) mass is 248 g/mol. The van der Waals surface area contributed by atoms with Crippen molar-refractivity contribution in [3.63, 3.8) is 0 Å². The van der Waals surface area contributed by atoms with Gasteiger partial charge < -0.3 is 4.74 Å². The van der Waals surface area contributed by atoms with E-state index in [1.165, 1.54) is 11.1 Å². The number of carbonyl (C=O) groups is 1. The Hall–Kier alpha value is -1.31. The van der Waals surface area contributed by atoms with E-state index in [2.05, 4.69) is 38.1 Å². The Labute approximate surface area is 110 Å². The molecular weight excluding hydrogens is 224 g/mol. The van der Waals surface area contributed by atoms with Gasteiger partial charge in [0.1, 0.15) is 0 Å². The molecule has 0 N–H and O–H groups in total. The van der Waals surface area contributed by atoms with Crippen LogP contribution in [0, 0.1) is 6.92 Å². The van der Waals surface area contributed by atoms with Crippen molar-refractivity contribution in [1.29, 1.82) is 0 Å². The Morgan fingerprint density at radius 1 is 1.22 bits per heavy atom. The lowest BCUT2D eigenvalue weighted by Gasteiger charge is -2.17. The molecule has 0 saturated carbocycles. The van der Waals surface area contributed by atoms with E-state index in [1.807, 2.05) is 13.8 Å². The average molecular weight is 248 g/mol. The van der Waals surface area contributed by atoms with Crippen LogP contribution in [0.1, 0.15) is 57.1 Å². The quantitative estimate of drug-likeness (QED) is 0.704. The third-order valence-corrected chi connectivity index (χ3v) is 2.97. The Kier molecular flexibility index (Phi) is 5.90. The maximum Gasteiger partial charge on any atom is 0.306 e. The number of rotatable bonds is 6. The third-order valence-electron chi connectivity index (χ3n) is 2.97. The van der Waals surface area contributed by atoms with Crippen LogP contribution in [0.5, 0.6) is 0 Å². The summed E-state index contributed by atoms with van der Waals surface area (Å²) in [4.78, 5) is 11.8. The van der Waals surface area contributed by atoms with Crippen LogP contribution in [0.15, 0.2) is 24.3 Å². The van der Waals surface area contributed by atoms with E-state index in [0.29, 0.717) is 6.42 Å². The molecular formula is C16H24O2. The zero-order valence-corrected chi connectivity index (χ0v) is 11.9. The van der Waals surface area contributed by atoms with Crippen molar-refractivity contribution < 1.29 is 9.53 Å². The lowest BCUT2D eigenvalue weighted by atomic mass is 9.91. The van der Waals surface area contributed by atoms with E-state index in [1.54, 1.807) is 0 Å². The molecule has 0 saturated heterocycles. The molecule has 0 radical (unpaired) electrons. The second-order valence-corrected chi connectivity index (χ2v) is 5.14. The SMILES string of the molecule is CCC[C@H](CC(=O)OC(C)C)c1ccc(C)cc1. The van der Waals surface area contributed by atoms with Crippen LogP contribution in [0.4, 0.5) is 0 Å². The van der Waals surface area contributed by atoms with E-state index in [-0.39, 0.29) is 18.0 Å². The standard InChI is InChI=1S/C16H24O2/c1-5-6-15(11-16(17)18-12(2)3)14-9-7-13(4)8-10-14/h7-10,12,15H,5-6,11H2,1-4H3/t15-/m1/s1. The van der Waals surface area contributed by atoms with Gasteiger partial charge in [0.15, 0.2) is 0 Å². The number of benzene rings is 1. The average Bonchev–Trinajstić information content (AvgIpc) is 2.28. The molecule has 0 unspecified atom stereocenters. The summed E-state index contributed by atoms with van der Waals surface area (Å²) in [5, 5.41) is 0. The number of hydrogen-bond donors (Lipinski definition) is 0. The van der Waals surface area contributed by atoms with Gasteiger partial charge in [-0.15, -0.1) is 0 Å². The van der Waals surface area contributed by atoms with Gasteiger partial charge in [-0.3, -0.25) is 4.79 Å². The van der Waals surface area contributed by atoms with Crippen LogP contribution in [-0.2, 0) is 9.53 Å². The van der Waals surface area contributed by atoms with E-state index in [0.717, 1.165) is 12.8 Å². The molecule has 0 bridgehead atoms. The first-order valence-corrected chi connectivity index (χ1v) is 6.79. The van der Waals surface area contributed by atoms with Gasteiger partial charge in [0.05, 0.1) is 12.5 Å². The Balaban J connectivity index is 2.70. The minimum absolute atomic E-state index is 0.0298. The van der Waals surface area contributed by atoms with Gasteiger partial charge in [-0.2, -0.15) is 0 Å². The van der Waals surface area contributed by atoms with Crippen LogP contribution in [0.25, 0.3) is 0 Å². The predicted molar refractivity (Wildman–Crippen MR) is 74.7 cm³/mol. The maximum atomic E-state index is 11.8. The summed E-state index contributed by atoms with van der Waals surface area (Å²) < 4.78 is 5.23. The van der Waals surface area contributed by atoms with Crippen molar-refractivity contribution in [2.45, 2.75) is 59.0 Å². The zero-order valence-electron chi connectivity index (χ0n) is 11.9. The predicted octanol–water partition coefficient (Wildman–Crippen LogP) is 4.22. The van der Waals surface area contributed by atoms with Crippen LogP contribution < -0.4 is 0 Å². The summed E-state index contributed by atoms with van der Waals surface area (Å²) in [5.41, 5.74) is 2.49. The summed E-state index contributed by atoms with van der Waals surface area (Å²) in [6, 6.07) is 8.45. The summed E-state index contributed by atoms with van der Waals surface area (Å²) in [6.07, 6.45) is 2.55. The third kappa shape index (κ3) is 4.91. The smallest absolute Gasteiger partial charge is 0.306 e. The molecule has 0 amide bonds. The molecule has 0 fully saturated rings. The molecule has 0 aliphatic rings. The van der Waals surface area contributed by atoms with Crippen molar-refractivity contribution in [3.05, 3.63) is 35.4 Å². The first-order valence-electron chi connectivity index (χ1n) is 6.79. The van der Waals surface area contributed by atoms with Gasteiger partial charge in [0.2, 0.25) is 0 Å². The summed E-state index contributed by atoms with van der Waals surface area (Å²) >= 11 is 0. The highest BCUT2D eigenvalue weighted by molar-refractivity contribution is 5.70. The van der Waals surface area contributed by atoms with Gasteiger partial charge in [0.25, 0.3) is 0 Å². The van der Waals surface area contributed by atoms with Gasteiger partial charge in [-0.25, -0.2) is 0 Å². The van der Waals surface area contributed by atoms with Crippen molar-refractivity contribution in [2.24, 2.45) is 0 Å². The topological polar surface area (TPSA) is 26.3 Å². The fraction of sp³-hybridized carbons (Fsp3) is 0.562. The Bertz CT molecular complexity index is 365. The molecule has 0 heterocycles. The second kappa shape index (κ2) is 7.20. The van der Waals surface area contributed by atoms with Crippen molar-refractivity contribution >= 4 is 5.97 Å². The first-order chi connectivity index (χ1) is 8.52. The largest absolute Gasteiger partial charge is 0.463 e. The van der Waals surface area contributed by atoms with E-state index < -0.39 is 0 Å². The van der Waals surface area contributed by atoms with Gasteiger partial charge in [-0.05, 0) is 38.7 Å². The van der Waals surface area contributed by atoms with Crippen molar-refractivity contribution in [3.8, 4) is 0 Å². The highest BCUT2D eigenvalue weighted by Gasteiger charge is 2.17. The molecule has 0 spiro atoms. The highest BCUT2D eigenvalue weighted by Crippen LogP contribution is 2.25. The molecule has 100 valence electrons. The summed E-state index contributed by atoms with van der Waals surface area (Å²) in [6.45, 7) is 8.00. The number of hydrogen-bond acceptors (Lipinski definition) is 2. The van der Waals surface area contributed by atoms with Crippen LogP contribution in [0.3, 0.4) is 0 Å². The zero-order chi connectivity index (χ0) is 13.5. The van der Waals surface area contributed by atoms with Gasteiger partial charge >= 0.3 is 5.97 Å². The van der Waals surface area contributed by atoms with E-state index >= 15 is 0 Å². The fourth-order valence-corrected chi connectivity index (χ4v) is 2.09. The second-order valence-electron chi connectivity index (χ2n) is 5.14. The Morgan fingerprint density at radius 2 is 1.83 bits per heavy atom. The van der Waals surface area contributed by atoms with Crippen molar-refractivity contribution in [2.75, 3.05) is 0 Å². The molecule has 0 aliphatic heterocycles. The number of aryl methyl sites for hydroxylation is 1. The van der Waals surface area contributed by atoms with Crippen LogP contribution >= 0.6 is 0 Å². The lowest BCUT2D eigenvalue weighted by Crippen LogP contribution is -2.15. The maximum absolute atomic E-state index is 11.8. The highest BCUT2D eigenvalue weighted by atomic mass is 16.5. The minimum Gasteiger partial charge on any atom is -0.463 e. The molecule has 1 aromatic rings. The minimum atomic E-state index is -0.0935. The van der Waals surface area contributed by atoms with E-state index in [4.69, 9.17) is 4.74 Å². The number of esters is 1. The fourth-order valence-electron chi connectivity index (χ4n) is 2.09. The molecule has 1 atom stereocenters. The molecule has 1 rings (SSSR count). The number of ether oxygens (including phenoxy) is 1. The molecule has 18 heavy (non-hydrogen) atoms. The van der Waals surface area contributed by atoms with Crippen molar-refractivity contribution in [1.82, 2.24) is 0 Å². The molecule has 0 aliphatic carbocycles. The molecule has 1 aromatic carbocycles. The normalized spacial score (nSPS) is 12.5. The lowest BCUT2D eigenvalue weighted by molar-refractivity contribution is -0.147.